The molecule has 3 rings (SSSR count). The van der Waals surface area contributed by atoms with Gasteiger partial charge in [0.15, 0.2) is 5.78 Å². The van der Waals surface area contributed by atoms with Crippen LogP contribution in [0.5, 0.6) is 0 Å². The molecule has 2 heteroatoms. The van der Waals surface area contributed by atoms with Crippen molar-refractivity contribution in [3.8, 4) is 11.3 Å². The number of rotatable bonds is 3. The van der Waals surface area contributed by atoms with Crippen LogP contribution in [0.2, 0.25) is 0 Å². The first-order valence-corrected chi connectivity index (χ1v) is 6.46. The summed E-state index contributed by atoms with van der Waals surface area (Å²) >= 11 is 0. The third kappa shape index (κ3) is 2.36. The van der Waals surface area contributed by atoms with Gasteiger partial charge in [0.2, 0.25) is 0 Å². The molecular formula is C18H13NO. The van der Waals surface area contributed by atoms with Gasteiger partial charge in [-0.3, -0.25) is 9.78 Å². The number of hydrogen-bond acceptors (Lipinski definition) is 2. The first kappa shape index (κ1) is 12.3. The predicted molar refractivity (Wildman–Crippen MR) is 79.5 cm³/mol. The fourth-order valence-electron chi connectivity index (χ4n) is 2.16. The van der Waals surface area contributed by atoms with Crippen molar-refractivity contribution in [2.75, 3.05) is 0 Å². The molecule has 0 unspecified atom stereocenters. The van der Waals surface area contributed by atoms with Crippen molar-refractivity contribution in [2.24, 2.45) is 0 Å². The molecule has 0 amide bonds. The molecule has 0 aliphatic rings. The summed E-state index contributed by atoms with van der Waals surface area (Å²) in [5.41, 5.74) is 2.98. The summed E-state index contributed by atoms with van der Waals surface area (Å²) in [6, 6.07) is 22.7. The van der Waals surface area contributed by atoms with Gasteiger partial charge >= 0.3 is 0 Å². The number of hydrogen-bond donors (Lipinski definition) is 0. The monoisotopic (exact) mass is 259 g/mol. The molecule has 0 aliphatic carbocycles. The van der Waals surface area contributed by atoms with Crippen LogP contribution in [0.4, 0.5) is 0 Å². The summed E-state index contributed by atoms with van der Waals surface area (Å²) in [4.78, 5) is 17.0. The van der Waals surface area contributed by atoms with Gasteiger partial charge in [0, 0.05) is 22.9 Å². The van der Waals surface area contributed by atoms with Crippen LogP contribution in [-0.4, -0.2) is 10.8 Å². The zero-order valence-corrected chi connectivity index (χ0v) is 10.9. The summed E-state index contributed by atoms with van der Waals surface area (Å²) in [5, 5.41) is 0. The fraction of sp³-hybridized carbons (Fsp3) is 0. The van der Waals surface area contributed by atoms with Crippen LogP contribution in [0.25, 0.3) is 11.3 Å². The Kier molecular flexibility index (Phi) is 3.38. The van der Waals surface area contributed by atoms with Gasteiger partial charge in [-0.1, -0.05) is 60.7 Å². The molecule has 0 saturated heterocycles. The predicted octanol–water partition coefficient (Wildman–Crippen LogP) is 3.98. The molecule has 0 aliphatic heterocycles. The smallest absolute Gasteiger partial charge is 0.195 e. The van der Waals surface area contributed by atoms with E-state index in [0.717, 1.165) is 11.3 Å². The lowest BCUT2D eigenvalue weighted by Gasteiger charge is -2.07. The Hall–Kier alpha value is -2.74. The van der Waals surface area contributed by atoms with E-state index in [1.54, 1.807) is 12.3 Å². The molecule has 2 aromatic carbocycles. The lowest BCUT2D eigenvalue weighted by atomic mass is 9.98. The molecule has 0 radical (unpaired) electrons. The minimum atomic E-state index is -0.00227. The average Bonchev–Trinajstić information content (AvgIpc) is 2.56. The highest BCUT2D eigenvalue weighted by molar-refractivity contribution is 6.12. The topological polar surface area (TPSA) is 30.0 Å². The third-order valence-electron chi connectivity index (χ3n) is 3.14. The van der Waals surface area contributed by atoms with E-state index < -0.39 is 0 Å². The first-order chi connectivity index (χ1) is 9.86. The Morgan fingerprint density at radius 2 is 1.40 bits per heavy atom. The number of carbonyl (C=O) groups is 1. The molecule has 1 heterocycles. The lowest BCUT2D eigenvalue weighted by Crippen LogP contribution is -2.04. The Morgan fingerprint density at radius 1 is 0.750 bits per heavy atom. The largest absolute Gasteiger partial charge is 0.289 e. The van der Waals surface area contributed by atoms with Gasteiger partial charge in [0.1, 0.15) is 0 Å². The van der Waals surface area contributed by atoms with Crippen molar-refractivity contribution in [2.45, 2.75) is 0 Å². The normalized spacial score (nSPS) is 10.2. The summed E-state index contributed by atoms with van der Waals surface area (Å²) in [7, 11) is 0. The van der Waals surface area contributed by atoms with Crippen LogP contribution < -0.4 is 0 Å². The molecule has 2 nitrogen and oxygen atoms in total. The molecule has 0 N–H and O–H groups in total. The van der Waals surface area contributed by atoms with E-state index in [4.69, 9.17) is 0 Å². The number of ketones is 1. The number of benzene rings is 2. The molecule has 0 bridgehead atoms. The molecule has 20 heavy (non-hydrogen) atoms. The van der Waals surface area contributed by atoms with Gasteiger partial charge < -0.3 is 0 Å². The number of carbonyl (C=O) groups excluding carboxylic acids is 1. The highest BCUT2D eigenvalue weighted by atomic mass is 16.1. The quantitative estimate of drug-likeness (QED) is 0.666. The molecule has 0 spiro atoms. The van der Waals surface area contributed by atoms with Crippen LogP contribution in [0.1, 0.15) is 15.9 Å². The summed E-state index contributed by atoms with van der Waals surface area (Å²) in [6.07, 6.45) is 1.71. The SMILES string of the molecule is O=C(c1ccccc1)c1cccnc1-c1ccccc1. The second-order valence-electron chi connectivity index (χ2n) is 4.46. The van der Waals surface area contributed by atoms with E-state index in [9.17, 15) is 4.79 Å². The van der Waals surface area contributed by atoms with Crippen LogP contribution in [0.15, 0.2) is 79.0 Å². The highest BCUT2D eigenvalue weighted by Gasteiger charge is 2.14. The molecule has 3 aromatic rings. The molecular weight excluding hydrogens is 246 g/mol. The van der Waals surface area contributed by atoms with E-state index in [-0.39, 0.29) is 5.78 Å². The molecule has 96 valence electrons. The zero-order valence-electron chi connectivity index (χ0n) is 10.9. The van der Waals surface area contributed by atoms with Gasteiger partial charge in [-0.15, -0.1) is 0 Å². The van der Waals surface area contributed by atoms with Crippen molar-refractivity contribution in [3.05, 3.63) is 90.1 Å². The van der Waals surface area contributed by atoms with E-state index in [1.165, 1.54) is 0 Å². The van der Waals surface area contributed by atoms with Crippen molar-refractivity contribution in [1.29, 1.82) is 0 Å². The van der Waals surface area contributed by atoms with Gasteiger partial charge in [0.25, 0.3) is 0 Å². The van der Waals surface area contributed by atoms with E-state index >= 15 is 0 Å². The summed E-state index contributed by atoms with van der Waals surface area (Å²) < 4.78 is 0. The lowest BCUT2D eigenvalue weighted by molar-refractivity contribution is 0.103. The fourth-order valence-corrected chi connectivity index (χ4v) is 2.16. The van der Waals surface area contributed by atoms with Crippen molar-refractivity contribution in [3.63, 3.8) is 0 Å². The number of pyridine rings is 1. The van der Waals surface area contributed by atoms with Crippen LogP contribution >= 0.6 is 0 Å². The zero-order chi connectivity index (χ0) is 13.8. The summed E-state index contributed by atoms with van der Waals surface area (Å²) in [5.74, 6) is -0.00227. The van der Waals surface area contributed by atoms with Gasteiger partial charge in [-0.2, -0.15) is 0 Å². The van der Waals surface area contributed by atoms with Gasteiger partial charge in [-0.05, 0) is 12.1 Å². The van der Waals surface area contributed by atoms with Crippen LogP contribution in [0.3, 0.4) is 0 Å². The van der Waals surface area contributed by atoms with E-state index in [1.807, 2.05) is 66.7 Å². The van der Waals surface area contributed by atoms with Gasteiger partial charge in [0.05, 0.1) is 5.69 Å². The first-order valence-electron chi connectivity index (χ1n) is 6.46. The van der Waals surface area contributed by atoms with Crippen molar-refractivity contribution >= 4 is 5.78 Å². The maximum atomic E-state index is 12.6. The minimum Gasteiger partial charge on any atom is -0.289 e. The maximum absolute atomic E-state index is 12.6. The van der Waals surface area contributed by atoms with Crippen LogP contribution in [-0.2, 0) is 0 Å². The second kappa shape index (κ2) is 5.49. The Bertz CT molecular complexity index is 721. The maximum Gasteiger partial charge on any atom is 0.195 e. The standard InChI is InChI=1S/C18H13NO/c20-18(15-10-5-2-6-11-15)16-12-7-13-19-17(16)14-8-3-1-4-9-14/h1-13H. The average molecular weight is 259 g/mol. The van der Waals surface area contributed by atoms with Crippen LogP contribution in [0, 0.1) is 0 Å². The Labute approximate surface area is 117 Å². The number of aromatic nitrogens is 1. The molecule has 1 aromatic heterocycles. The van der Waals surface area contributed by atoms with E-state index in [0.29, 0.717) is 11.1 Å². The van der Waals surface area contributed by atoms with Crippen molar-refractivity contribution < 1.29 is 4.79 Å². The van der Waals surface area contributed by atoms with Gasteiger partial charge in [-0.25, -0.2) is 0 Å². The minimum absolute atomic E-state index is 0.00227. The second-order valence-corrected chi connectivity index (χ2v) is 4.46. The van der Waals surface area contributed by atoms with E-state index in [2.05, 4.69) is 4.98 Å². The Balaban J connectivity index is 2.10. The molecule has 0 saturated carbocycles. The highest BCUT2D eigenvalue weighted by Crippen LogP contribution is 2.23. The molecule has 0 atom stereocenters. The molecule has 0 fully saturated rings. The number of nitrogens with zero attached hydrogens (tertiary/aromatic N) is 1. The Morgan fingerprint density at radius 3 is 2.10 bits per heavy atom. The van der Waals surface area contributed by atoms with Crippen molar-refractivity contribution in [1.82, 2.24) is 4.98 Å². The third-order valence-corrected chi connectivity index (χ3v) is 3.14. The summed E-state index contributed by atoms with van der Waals surface area (Å²) in [6.45, 7) is 0.